The third kappa shape index (κ3) is 3.23. The molecule has 1 aliphatic carbocycles. The highest BCUT2D eigenvalue weighted by Gasteiger charge is 2.38. The lowest BCUT2D eigenvalue weighted by Crippen LogP contribution is -2.25. The van der Waals surface area contributed by atoms with Crippen molar-refractivity contribution in [2.45, 2.75) is 24.8 Å². The lowest BCUT2D eigenvalue weighted by atomic mass is 10.2. The zero-order valence-electron chi connectivity index (χ0n) is 13.5. The molecular weight excluding hydrogens is 388 g/mol. The van der Waals surface area contributed by atoms with E-state index in [9.17, 15) is 22.4 Å². The Morgan fingerprint density at radius 2 is 1.85 bits per heavy atom. The second-order valence-electron chi connectivity index (χ2n) is 6.10. The predicted molar refractivity (Wildman–Crippen MR) is 92.1 cm³/mol. The van der Waals surface area contributed by atoms with Gasteiger partial charge < -0.3 is 5.32 Å². The van der Waals surface area contributed by atoms with Crippen LogP contribution in [0.3, 0.4) is 0 Å². The van der Waals surface area contributed by atoms with Gasteiger partial charge in [-0.25, -0.2) is 18.7 Å². The van der Waals surface area contributed by atoms with E-state index in [0.29, 0.717) is 0 Å². The van der Waals surface area contributed by atoms with E-state index in [1.165, 1.54) is 12.1 Å². The van der Waals surface area contributed by atoms with Gasteiger partial charge in [0.25, 0.3) is 0 Å². The van der Waals surface area contributed by atoms with Gasteiger partial charge >= 0.3 is 11.9 Å². The van der Waals surface area contributed by atoms with Crippen LogP contribution in [0, 0.1) is 0 Å². The smallest absolute Gasteiger partial charge is 0.364 e. The van der Waals surface area contributed by atoms with Crippen LogP contribution in [-0.4, -0.2) is 26.7 Å². The highest BCUT2D eigenvalue weighted by atomic mass is 35.5. The maximum atomic E-state index is 13.2. The molecule has 2 atom stereocenters. The van der Waals surface area contributed by atoms with Gasteiger partial charge in [0.1, 0.15) is 17.7 Å². The molecule has 3 aromatic rings. The van der Waals surface area contributed by atoms with Crippen LogP contribution in [0.4, 0.5) is 23.4 Å². The molecule has 1 aromatic carbocycles. The average Bonchev–Trinajstić information content (AvgIpc) is 3.30. The Labute approximate surface area is 154 Å². The summed E-state index contributed by atoms with van der Waals surface area (Å²) in [5.41, 5.74) is -2.16. The van der Waals surface area contributed by atoms with Crippen molar-refractivity contribution in [3.05, 3.63) is 57.6 Å². The number of nitrogens with one attached hydrogen (secondary N) is 1. The van der Waals surface area contributed by atoms with E-state index in [0.717, 1.165) is 16.7 Å². The van der Waals surface area contributed by atoms with Crippen molar-refractivity contribution in [2.24, 2.45) is 0 Å². The van der Waals surface area contributed by atoms with Gasteiger partial charge in [0.15, 0.2) is 5.65 Å². The highest BCUT2D eigenvalue weighted by Crippen LogP contribution is 2.34. The van der Waals surface area contributed by atoms with Crippen LogP contribution in [0.1, 0.15) is 12.1 Å². The molecule has 0 saturated heterocycles. The van der Waals surface area contributed by atoms with Crippen molar-refractivity contribution in [3.8, 4) is 5.69 Å². The molecular formula is C17H11ClF4N4O. The third-order valence-corrected chi connectivity index (χ3v) is 4.48. The first-order chi connectivity index (χ1) is 12.8. The van der Waals surface area contributed by atoms with Crippen LogP contribution in [0.5, 0.6) is 0 Å². The van der Waals surface area contributed by atoms with Crippen LogP contribution in [-0.2, 0) is 6.18 Å². The molecule has 0 spiro atoms. The molecule has 5 nitrogen and oxygen atoms in total. The fourth-order valence-corrected chi connectivity index (χ4v) is 2.93. The van der Waals surface area contributed by atoms with Gasteiger partial charge in [-0.1, -0.05) is 23.7 Å². The number of hydrogen-bond acceptors (Lipinski definition) is 4. The van der Waals surface area contributed by atoms with Crippen molar-refractivity contribution in [3.63, 3.8) is 0 Å². The Hall–Kier alpha value is -2.68. The molecule has 27 heavy (non-hydrogen) atoms. The molecule has 2 heterocycles. The van der Waals surface area contributed by atoms with Crippen LogP contribution >= 0.6 is 11.6 Å². The Balaban J connectivity index is 2.01. The molecule has 1 fully saturated rings. The maximum absolute atomic E-state index is 13.2. The van der Waals surface area contributed by atoms with Crippen molar-refractivity contribution in [2.75, 3.05) is 5.32 Å². The summed E-state index contributed by atoms with van der Waals surface area (Å²) in [6.07, 6.45) is -5.55. The normalized spacial score (nSPS) is 19.3. The number of nitrogens with zero attached hydrogens (tertiary/aromatic N) is 3. The van der Waals surface area contributed by atoms with Gasteiger partial charge in [0.05, 0.1) is 22.1 Å². The topological polar surface area (TPSA) is 59.8 Å². The second-order valence-corrected chi connectivity index (χ2v) is 6.50. The largest absolute Gasteiger partial charge is 0.433 e. The Bertz CT molecular complexity index is 1100. The quantitative estimate of drug-likeness (QED) is 0.678. The van der Waals surface area contributed by atoms with Crippen molar-refractivity contribution < 1.29 is 17.6 Å². The number of benzene rings is 1. The molecule has 1 saturated carbocycles. The van der Waals surface area contributed by atoms with Crippen LogP contribution in [0.25, 0.3) is 16.7 Å². The minimum atomic E-state index is -4.70. The molecule has 1 N–H and O–H groups in total. The zero-order valence-corrected chi connectivity index (χ0v) is 14.2. The van der Waals surface area contributed by atoms with Crippen molar-refractivity contribution in [1.29, 1.82) is 0 Å². The monoisotopic (exact) mass is 398 g/mol. The zero-order chi connectivity index (χ0) is 19.3. The molecule has 2 unspecified atom stereocenters. The van der Waals surface area contributed by atoms with E-state index in [4.69, 9.17) is 11.6 Å². The SMILES string of the molecule is O=c1nc(NC2CC2F)c2ccc(C(F)(F)F)nc2n1-c1ccccc1Cl. The molecule has 10 heteroatoms. The average molecular weight is 399 g/mol. The van der Waals surface area contributed by atoms with Gasteiger partial charge in [0.2, 0.25) is 0 Å². The molecule has 140 valence electrons. The van der Waals surface area contributed by atoms with Crippen LogP contribution in [0.15, 0.2) is 41.2 Å². The minimum Gasteiger partial charge on any atom is -0.364 e. The summed E-state index contributed by atoms with van der Waals surface area (Å²) >= 11 is 6.11. The first kappa shape index (κ1) is 17.7. The van der Waals surface area contributed by atoms with Crippen molar-refractivity contribution >= 4 is 28.5 Å². The molecule has 0 radical (unpaired) electrons. The standard InChI is InChI=1S/C17H11ClF4N4O/c18-9-3-1-2-4-12(9)26-15-8(5-6-13(24-15)17(20,21)22)14(25-16(26)27)23-11-7-10(11)19/h1-6,10-11H,7H2,(H,23,25,27). The molecule has 4 rings (SSSR count). The molecule has 0 amide bonds. The van der Waals surface area contributed by atoms with Gasteiger partial charge in [-0.2, -0.15) is 18.2 Å². The number of aromatic nitrogens is 3. The Kier molecular flexibility index (Phi) is 4.06. The van der Waals surface area contributed by atoms with Gasteiger partial charge in [-0.05, 0) is 24.3 Å². The summed E-state index contributed by atoms with van der Waals surface area (Å²) in [5, 5.41) is 3.05. The van der Waals surface area contributed by atoms with E-state index in [1.54, 1.807) is 12.1 Å². The minimum absolute atomic E-state index is 0.00956. The summed E-state index contributed by atoms with van der Waals surface area (Å²) in [6, 6.07) is 7.58. The van der Waals surface area contributed by atoms with E-state index < -0.39 is 29.8 Å². The maximum Gasteiger partial charge on any atom is 0.433 e. The molecule has 2 aromatic heterocycles. The summed E-state index contributed by atoms with van der Waals surface area (Å²) in [6.45, 7) is 0. The molecule has 0 aliphatic heterocycles. The number of halogens is 5. The molecule has 1 aliphatic rings. The Morgan fingerprint density at radius 3 is 2.48 bits per heavy atom. The number of anilines is 1. The van der Waals surface area contributed by atoms with Crippen molar-refractivity contribution in [1.82, 2.24) is 14.5 Å². The number of hydrogen-bond donors (Lipinski definition) is 1. The number of fused-ring (bicyclic) bond motifs is 1. The van der Waals surface area contributed by atoms with Gasteiger partial charge in [-0.15, -0.1) is 0 Å². The summed E-state index contributed by atoms with van der Waals surface area (Å²) in [7, 11) is 0. The second kappa shape index (κ2) is 6.19. The third-order valence-electron chi connectivity index (χ3n) is 4.16. The lowest BCUT2D eigenvalue weighted by Gasteiger charge is -2.15. The number of rotatable bonds is 3. The first-order valence-corrected chi connectivity index (χ1v) is 8.30. The van der Waals surface area contributed by atoms with E-state index >= 15 is 0 Å². The van der Waals surface area contributed by atoms with Gasteiger partial charge in [0, 0.05) is 6.42 Å². The Morgan fingerprint density at radius 1 is 1.15 bits per heavy atom. The fraction of sp³-hybridized carbons (Fsp3) is 0.235. The highest BCUT2D eigenvalue weighted by molar-refractivity contribution is 6.32. The molecule has 0 bridgehead atoms. The van der Waals surface area contributed by atoms with E-state index in [2.05, 4.69) is 15.3 Å². The summed E-state index contributed by atoms with van der Waals surface area (Å²) in [5.74, 6) is -0.00956. The number of para-hydroxylation sites is 1. The van der Waals surface area contributed by atoms with Gasteiger partial charge in [-0.3, -0.25) is 0 Å². The number of alkyl halides is 4. The summed E-state index contributed by atoms with van der Waals surface area (Å²) in [4.78, 5) is 20.1. The first-order valence-electron chi connectivity index (χ1n) is 7.92. The summed E-state index contributed by atoms with van der Waals surface area (Å²) < 4.78 is 53.6. The predicted octanol–water partition coefficient (Wildman–Crippen LogP) is 3.98. The van der Waals surface area contributed by atoms with E-state index in [-0.39, 0.29) is 34.0 Å². The van der Waals surface area contributed by atoms with Crippen LogP contribution in [0.2, 0.25) is 5.02 Å². The lowest BCUT2D eigenvalue weighted by molar-refractivity contribution is -0.141. The fourth-order valence-electron chi connectivity index (χ4n) is 2.71. The van der Waals surface area contributed by atoms with E-state index in [1.807, 2.05) is 0 Å². The van der Waals surface area contributed by atoms with Crippen LogP contribution < -0.4 is 11.0 Å². The number of pyridine rings is 1.